The second kappa shape index (κ2) is 16.4. The second-order valence-corrected chi connectivity index (χ2v) is 14.1. The van der Waals surface area contributed by atoms with Gasteiger partial charge in [-0.3, -0.25) is 19.2 Å². The van der Waals surface area contributed by atoms with Gasteiger partial charge in [-0.2, -0.15) is 0 Å². The molecule has 47 heavy (non-hydrogen) atoms. The molecule has 0 saturated carbocycles. The molecule has 13 heteroatoms. The molecule has 260 valence electrons. The van der Waals surface area contributed by atoms with E-state index >= 15 is 0 Å². The van der Waals surface area contributed by atoms with Crippen molar-refractivity contribution < 1.29 is 38.2 Å². The Kier molecular flexibility index (Phi) is 13.5. The normalized spacial score (nSPS) is 18.2. The summed E-state index contributed by atoms with van der Waals surface area (Å²) >= 11 is 0. The Morgan fingerprint density at radius 3 is 2.06 bits per heavy atom. The minimum absolute atomic E-state index is 0.0118. The fourth-order valence-corrected chi connectivity index (χ4v) is 5.07. The number of esters is 1. The van der Waals surface area contributed by atoms with Crippen molar-refractivity contribution in [2.24, 2.45) is 16.7 Å². The zero-order valence-corrected chi connectivity index (χ0v) is 29.0. The first-order valence-corrected chi connectivity index (χ1v) is 15.7. The van der Waals surface area contributed by atoms with E-state index in [0.717, 1.165) is 5.56 Å². The van der Waals surface area contributed by atoms with Gasteiger partial charge in [0.15, 0.2) is 0 Å². The van der Waals surface area contributed by atoms with E-state index in [1.165, 1.54) is 17.9 Å². The highest BCUT2D eigenvalue weighted by atomic mass is 16.5. The molecule has 3 unspecified atom stereocenters. The van der Waals surface area contributed by atoms with Gasteiger partial charge in [-0.05, 0) is 47.8 Å². The molecule has 5 atom stereocenters. The molecule has 0 aromatic heterocycles. The van der Waals surface area contributed by atoms with Crippen LogP contribution in [0.2, 0.25) is 0 Å². The van der Waals surface area contributed by atoms with Gasteiger partial charge < -0.3 is 35.6 Å². The van der Waals surface area contributed by atoms with Gasteiger partial charge in [0.25, 0.3) is 5.91 Å². The van der Waals surface area contributed by atoms with Crippen molar-refractivity contribution >= 4 is 35.5 Å². The van der Waals surface area contributed by atoms with Gasteiger partial charge in [0, 0.05) is 13.1 Å². The molecule has 5 amide bonds. The third kappa shape index (κ3) is 11.1. The highest BCUT2D eigenvalue weighted by Gasteiger charge is 2.45. The van der Waals surface area contributed by atoms with Crippen molar-refractivity contribution in [1.29, 1.82) is 0 Å². The van der Waals surface area contributed by atoms with Gasteiger partial charge in [0.2, 0.25) is 17.6 Å². The van der Waals surface area contributed by atoms with Crippen LogP contribution in [-0.2, 0) is 35.3 Å². The Morgan fingerprint density at radius 1 is 0.957 bits per heavy atom. The average molecular weight is 658 g/mol. The number of methoxy groups -OCH3 is 1. The van der Waals surface area contributed by atoms with Crippen LogP contribution < -0.4 is 26.0 Å². The van der Waals surface area contributed by atoms with Crippen LogP contribution in [0, 0.1) is 16.7 Å². The highest BCUT2D eigenvalue weighted by molar-refractivity contribution is 6.38. The number of Topliss-reactive ketones (excluding diaryl/α,β-unsaturated/α-hetero) is 1. The number of amides is 5. The zero-order valence-electron chi connectivity index (χ0n) is 29.0. The molecule has 4 N–H and O–H groups in total. The van der Waals surface area contributed by atoms with Crippen LogP contribution in [-0.4, -0.2) is 84.8 Å². The molecule has 1 aliphatic heterocycles. The van der Waals surface area contributed by atoms with Crippen molar-refractivity contribution in [2.75, 3.05) is 20.2 Å². The number of hydrogen-bond acceptors (Lipinski definition) is 8. The molecule has 1 heterocycles. The molecule has 0 bridgehead atoms. The van der Waals surface area contributed by atoms with Crippen molar-refractivity contribution in [3.8, 4) is 5.75 Å². The average Bonchev–Trinajstić information content (AvgIpc) is 3.40. The zero-order chi connectivity index (χ0) is 35.7. The van der Waals surface area contributed by atoms with Crippen LogP contribution in [0.4, 0.5) is 4.79 Å². The van der Waals surface area contributed by atoms with Gasteiger partial charge in [0.1, 0.15) is 30.5 Å². The Morgan fingerprint density at radius 2 is 1.53 bits per heavy atom. The summed E-state index contributed by atoms with van der Waals surface area (Å²) in [6, 6.07) is 2.10. The van der Waals surface area contributed by atoms with Crippen LogP contribution in [0.15, 0.2) is 36.9 Å². The lowest BCUT2D eigenvalue weighted by Crippen LogP contribution is -2.61. The van der Waals surface area contributed by atoms with E-state index in [1.807, 2.05) is 6.92 Å². The number of likely N-dealkylation sites (tertiary alicyclic amines) is 1. The largest absolute Gasteiger partial charge is 0.497 e. The fraction of sp³-hybridized carbons (Fsp3) is 0.588. The quantitative estimate of drug-likeness (QED) is 0.142. The fourth-order valence-electron chi connectivity index (χ4n) is 5.07. The smallest absolute Gasteiger partial charge is 0.329 e. The number of rotatable bonds is 13. The first-order chi connectivity index (χ1) is 21.8. The SMILES string of the molecule is C=CCNC(=O)C(=O)C(C)NC(=O)[C@@H]1C[C@@H](C)CN1C(=O)C(NC(=O)NC(C(=O)OCc1ccc(OC)cc1)C(C)(C)C)C(C)(C)C. The van der Waals surface area contributed by atoms with Crippen molar-refractivity contribution in [1.82, 2.24) is 26.2 Å². The van der Waals surface area contributed by atoms with Crippen LogP contribution in [0.3, 0.4) is 0 Å². The number of nitrogens with one attached hydrogen (secondary N) is 4. The third-order valence-corrected chi connectivity index (χ3v) is 7.78. The standard InChI is InChI=1S/C34H51N5O8/c1-11-16-35-29(42)25(40)21(3)36-28(41)24-17-20(2)18-39(24)30(43)26(33(4,5)6)37-32(45)38-27(34(7,8)9)31(44)47-19-22-12-14-23(46-10)15-13-22/h11-15,20-21,24,26-27H,1,16-19H2,2-10H3,(H,35,42)(H,36,41)(H2,37,38,45)/t20-,21?,24+,26?,27?/m1/s1. The topological polar surface area (TPSA) is 172 Å². The molecular weight excluding hydrogens is 606 g/mol. The van der Waals surface area contributed by atoms with E-state index in [0.29, 0.717) is 12.2 Å². The lowest BCUT2D eigenvalue weighted by Gasteiger charge is -2.36. The molecule has 0 radical (unpaired) electrons. The van der Waals surface area contributed by atoms with E-state index in [2.05, 4.69) is 27.8 Å². The summed E-state index contributed by atoms with van der Waals surface area (Å²) in [5, 5.41) is 10.4. The number of ketones is 1. The summed E-state index contributed by atoms with van der Waals surface area (Å²) in [6.45, 7) is 17.8. The van der Waals surface area contributed by atoms with Gasteiger partial charge in [-0.15, -0.1) is 6.58 Å². The number of benzene rings is 1. The Labute approximate surface area is 277 Å². The number of hydrogen-bond donors (Lipinski definition) is 4. The molecule has 1 saturated heterocycles. The Bertz CT molecular complexity index is 1320. The van der Waals surface area contributed by atoms with Crippen molar-refractivity contribution in [3.05, 3.63) is 42.5 Å². The lowest BCUT2D eigenvalue weighted by atomic mass is 9.85. The number of urea groups is 1. The van der Waals surface area contributed by atoms with E-state index < -0.39 is 70.5 Å². The highest BCUT2D eigenvalue weighted by Crippen LogP contribution is 2.29. The van der Waals surface area contributed by atoms with Gasteiger partial charge in [-0.25, -0.2) is 9.59 Å². The molecule has 1 fully saturated rings. The minimum Gasteiger partial charge on any atom is -0.497 e. The molecular formula is C34H51N5O8. The maximum Gasteiger partial charge on any atom is 0.329 e. The number of ether oxygens (including phenoxy) is 2. The molecule has 1 aliphatic rings. The van der Waals surface area contributed by atoms with E-state index in [1.54, 1.807) is 72.9 Å². The van der Waals surface area contributed by atoms with Crippen LogP contribution in [0.25, 0.3) is 0 Å². The summed E-state index contributed by atoms with van der Waals surface area (Å²) in [6.07, 6.45) is 1.76. The van der Waals surface area contributed by atoms with Gasteiger partial charge in [-0.1, -0.05) is 66.7 Å². The summed E-state index contributed by atoms with van der Waals surface area (Å²) in [7, 11) is 1.55. The van der Waals surface area contributed by atoms with E-state index in [-0.39, 0.29) is 25.6 Å². The van der Waals surface area contributed by atoms with Crippen molar-refractivity contribution in [2.45, 2.75) is 92.6 Å². The van der Waals surface area contributed by atoms with E-state index in [9.17, 15) is 28.8 Å². The molecule has 0 spiro atoms. The predicted octanol–water partition coefficient (Wildman–Crippen LogP) is 2.48. The van der Waals surface area contributed by atoms with Crippen LogP contribution in [0.1, 0.15) is 67.4 Å². The van der Waals surface area contributed by atoms with Crippen LogP contribution >= 0.6 is 0 Å². The predicted molar refractivity (Wildman–Crippen MR) is 176 cm³/mol. The lowest BCUT2D eigenvalue weighted by molar-refractivity contribution is -0.150. The Hall–Kier alpha value is -4.42. The second-order valence-electron chi connectivity index (χ2n) is 14.1. The van der Waals surface area contributed by atoms with Crippen molar-refractivity contribution in [3.63, 3.8) is 0 Å². The molecule has 1 aromatic carbocycles. The molecule has 2 rings (SSSR count). The summed E-state index contributed by atoms with van der Waals surface area (Å²) < 4.78 is 10.7. The summed E-state index contributed by atoms with van der Waals surface area (Å²) in [4.78, 5) is 79.8. The monoisotopic (exact) mass is 657 g/mol. The van der Waals surface area contributed by atoms with Crippen LogP contribution in [0.5, 0.6) is 5.75 Å². The number of nitrogens with zero attached hydrogens (tertiary/aromatic N) is 1. The molecule has 13 nitrogen and oxygen atoms in total. The first kappa shape index (κ1) is 38.8. The molecule has 0 aliphatic carbocycles. The molecule has 1 aromatic rings. The third-order valence-electron chi connectivity index (χ3n) is 7.78. The summed E-state index contributed by atoms with van der Waals surface area (Å²) in [5.41, 5.74) is -0.789. The summed E-state index contributed by atoms with van der Waals surface area (Å²) in [5.74, 6) is -2.78. The maximum absolute atomic E-state index is 14.0. The van der Waals surface area contributed by atoms with Gasteiger partial charge in [0.05, 0.1) is 13.2 Å². The number of carbonyl (C=O) groups is 6. The van der Waals surface area contributed by atoms with E-state index in [4.69, 9.17) is 9.47 Å². The minimum atomic E-state index is -1.12. The van der Waals surface area contributed by atoms with Gasteiger partial charge >= 0.3 is 12.0 Å². The maximum atomic E-state index is 14.0. The first-order valence-electron chi connectivity index (χ1n) is 15.7. The Balaban J connectivity index is 2.17. The number of carbonyl (C=O) groups excluding carboxylic acids is 6.